The summed E-state index contributed by atoms with van der Waals surface area (Å²) in [6.45, 7) is 3.38. The largest absolute Gasteiger partial charge is 0.496 e. The summed E-state index contributed by atoms with van der Waals surface area (Å²) in [5, 5.41) is 0.757. The Morgan fingerprint density at radius 2 is 1.89 bits per heavy atom. The number of hydrogen-bond donors (Lipinski definition) is 0. The Kier molecular flexibility index (Phi) is 6.54. The van der Waals surface area contributed by atoms with Crippen molar-refractivity contribution in [3.8, 4) is 5.75 Å². The lowest BCUT2D eigenvalue weighted by molar-refractivity contribution is -0.0607. The third kappa shape index (κ3) is 5.59. The normalized spacial score (nSPS) is 13.3. The number of para-hydroxylation sites is 1. The van der Waals surface area contributed by atoms with E-state index < -0.39 is 0 Å². The second kappa shape index (κ2) is 9.07. The molecule has 0 fully saturated rings. The Hall–Kier alpha value is -2.30. The predicted octanol–water partition coefficient (Wildman–Crippen LogP) is 5.15. The average Bonchev–Trinajstić information content (AvgIpc) is 3.19. The van der Waals surface area contributed by atoms with Crippen LogP contribution in [0.5, 0.6) is 5.75 Å². The van der Waals surface area contributed by atoms with Crippen molar-refractivity contribution in [3.63, 3.8) is 0 Å². The van der Waals surface area contributed by atoms with Crippen LogP contribution in [-0.2, 0) is 24.3 Å². The summed E-state index contributed by atoms with van der Waals surface area (Å²) in [6.07, 6.45) is 7.37. The van der Waals surface area contributed by atoms with Gasteiger partial charge in [0.15, 0.2) is 0 Å². The summed E-state index contributed by atoms with van der Waals surface area (Å²) in [4.78, 5) is 4.15. The molecule has 4 nitrogen and oxygen atoms in total. The van der Waals surface area contributed by atoms with Crippen LogP contribution in [0, 0.1) is 0 Å². The van der Waals surface area contributed by atoms with Crippen molar-refractivity contribution in [1.82, 2.24) is 9.55 Å². The Balaban J connectivity index is 1.71. The van der Waals surface area contributed by atoms with Gasteiger partial charge in [0.05, 0.1) is 32.2 Å². The van der Waals surface area contributed by atoms with E-state index in [1.807, 2.05) is 48.9 Å². The highest BCUT2D eigenvalue weighted by Crippen LogP contribution is 2.26. The van der Waals surface area contributed by atoms with E-state index in [1.165, 1.54) is 5.56 Å². The van der Waals surface area contributed by atoms with Crippen LogP contribution in [0.25, 0.3) is 0 Å². The number of imidazole rings is 1. The van der Waals surface area contributed by atoms with Crippen molar-refractivity contribution in [2.75, 3.05) is 7.11 Å². The molecule has 0 saturated heterocycles. The zero-order valence-electron chi connectivity index (χ0n) is 15.8. The third-order valence-corrected chi connectivity index (χ3v) is 4.95. The van der Waals surface area contributed by atoms with Crippen LogP contribution >= 0.6 is 11.6 Å². The maximum atomic E-state index is 6.42. The van der Waals surface area contributed by atoms with E-state index in [9.17, 15) is 0 Å². The fourth-order valence-corrected chi connectivity index (χ4v) is 3.22. The van der Waals surface area contributed by atoms with Crippen molar-refractivity contribution in [2.45, 2.75) is 38.5 Å². The quantitative estimate of drug-likeness (QED) is 0.511. The first-order chi connectivity index (χ1) is 13.1. The van der Waals surface area contributed by atoms with Crippen molar-refractivity contribution in [1.29, 1.82) is 0 Å². The highest BCUT2D eigenvalue weighted by molar-refractivity contribution is 6.30. The summed E-state index contributed by atoms with van der Waals surface area (Å²) in [7, 11) is 1.68. The molecule has 1 aromatic heterocycles. The molecule has 0 aliphatic heterocycles. The van der Waals surface area contributed by atoms with Gasteiger partial charge in [0.2, 0.25) is 0 Å². The van der Waals surface area contributed by atoms with E-state index in [0.717, 1.165) is 35.7 Å². The Bertz CT molecular complexity index is 834. The minimum Gasteiger partial charge on any atom is -0.496 e. The maximum Gasteiger partial charge on any atom is 0.124 e. The van der Waals surface area contributed by atoms with Crippen molar-refractivity contribution < 1.29 is 9.47 Å². The molecule has 27 heavy (non-hydrogen) atoms. The zero-order valence-corrected chi connectivity index (χ0v) is 16.5. The van der Waals surface area contributed by atoms with Crippen LogP contribution in [0.15, 0.2) is 67.3 Å². The van der Waals surface area contributed by atoms with E-state index in [2.05, 4.69) is 28.6 Å². The summed E-state index contributed by atoms with van der Waals surface area (Å²) in [6, 6.07) is 16.0. The fraction of sp³-hybridized carbons (Fsp3) is 0.318. The van der Waals surface area contributed by atoms with Crippen LogP contribution in [0.1, 0.15) is 24.5 Å². The highest BCUT2D eigenvalue weighted by atomic mass is 35.5. The van der Waals surface area contributed by atoms with Crippen LogP contribution in [0.4, 0.5) is 0 Å². The number of benzene rings is 2. The monoisotopic (exact) mass is 384 g/mol. The van der Waals surface area contributed by atoms with Crippen molar-refractivity contribution in [2.24, 2.45) is 0 Å². The minimum absolute atomic E-state index is 0.346. The second-order valence-corrected chi connectivity index (χ2v) is 7.35. The number of halogens is 1. The van der Waals surface area contributed by atoms with Gasteiger partial charge in [-0.1, -0.05) is 41.9 Å². The molecule has 0 aliphatic rings. The van der Waals surface area contributed by atoms with Crippen LogP contribution in [0.2, 0.25) is 5.02 Å². The van der Waals surface area contributed by atoms with Gasteiger partial charge in [-0.3, -0.25) is 0 Å². The molecule has 3 rings (SSSR count). The van der Waals surface area contributed by atoms with Gasteiger partial charge < -0.3 is 14.0 Å². The van der Waals surface area contributed by atoms with E-state index in [1.54, 1.807) is 13.3 Å². The topological polar surface area (TPSA) is 36.3 Å². The first-order valence-corrected chi connectivity index (χ1v) is 9.42. The Morgan fingerprint density at radius 1 is 1.11 bits per heavy atom. The molecule has 0 N–H and O–H groups in total. The minimum atomic E-state index is -0.346. The molecule has 3 aromatic rings. The number of hydrogen-bond acceptors (Lipinski definition) is 3. The van der Waals surface area contributed by atoms with Gasteiger partial charge in [-0.15, -0.1) is 0 Å². The van der Waals surface area contributed by atoms with Crippen LogP contribution < -0.4 is 4.74 Å². The van der Waals surface area contributed by atoms with Crippen LogP contribution in [-0.4, -0.2) is 22.3 Å². The lowest BCUT2D eigenvalue weighted by Crippen LogP contribution is -2.34. The standard InChI is InChI=1S/C22H25ClN2O2/c1-22(16-25-14-13-24-17-25,12-11-18-7-9-20(23)10-8-18)27-15-19-5-3-4-6-21(19)26-2/h3-10,13-14,17H,11-12,15-16H2,1-2H3. The zero-order chi connectivity index (χ0) is 19.1. The number of methoxy groups -OCH3 is 1. The lowest BCUT2D eigenvalue weighted by atomic mass is 9.96. The van der Waals surface area contributed by atoms with Gasteiger partial charge in [-0.05, 0) is 43.5 Å². The molecule has 142 valence electrons. The number of aryl methyl sites for hydroxylation is 1. The second-order valence-electron chi connectivity index (χ2n) is 6.91. The van der Waals surface area contributed by atoms with Crippen LogP contribution in [0.3, 0.4) is 0 Å². The molecule has 5 heteroatoms. The summed E-state index contributed by atoms with van der Waals surface area (Å²) >= 11 is 6.00. The molecule has 1 atom stereocenters. The Labute approximate surface area is 165 Å². The van der Waals surface area contributed by atoms with Gasteiger partial charge in [0, 0.05) is 23.0 Å². The molecule has 2 aromatic carbocycles. The number of aromatic nitrogens is 2. The highest BCUT2D eigenvalue weighted by Gasteiger charge is 2.26. The lowest BCUT2D eigenvalue weighted by Gasteiger charge is -2.31. The molecule has 1 heterocycles. The molecule has 0 amide bonds. The van der Waals surface area contributed by atoms with Crippen molar-refractivity contribution >= 4 is 11.6 Å². The van der Waals surface area contributed by atoms with Gasteiger partial charge in [0.1, 0.15) is 5.75 Å². The molecule has 1 unspecified atom stereocenters. The maximum absolute atomic E-state index is 6.42. The first kappa shape index (κ1) is 19.5. The molecular formula is C22H25ClN2O2. The summed E-state index contributed by atoms with van der Waals surface area (Å²) in [5.41, 5.74) is 1.95. The molecule has 0 saturated carbocycles. The molecule has 0 bridgehead atoms. The van der Waals surface area contributed by atoms with Gasteiger partial charge in [0.25, 0.3) is 0 Å². The van der Waals surface area contributed by atoms with Gasteiger partial charge in [-0.25, -0.2) is 4.98 Å². The summed E-state index contributed by atoms with van der Waals surface area (Å²) < 4.78 is 13.9. The third-order valence-electron chi connectivity index (χ3n) is 4.70. The predicted molar refractivity (Wildman–Crippen MR) is 108 cm³/mol. The summed E-state index contributed by atoms with van der Waals surface area (Å²) in [5.74, 6) is 0.847. The SMILES string of the molecule is COc1ccccc1COC(C)(CCc1ccc(Cl)cc1)Cn1ccnc1. The molecule has 0 spiro atoms. The average molecular weight is 385 g/mol. The van der Waals surface area contributed by atoms with E-state index >= 15 is 0 Å². The number of nitrogens with zero attached hydrogens (tertiary/aromatic N) is 2. The van der Waals surface area contributed by atoms with Gasteiger partial charge >= 0.3 is 0 Å². The number of rotatable bonds is 9. The molecular weight excluding hydrogens is 360 g/mol. The smallest absolute Gasteiger partial charge is 0.124 e. The number of ether oxygens (including phenoxy) is 2. The van der Waals surface area contributed by atoms with E-state index in [0.29, 0.717) is 6.61 Å². The van der Waals surface area contributed by atoms with Crippen molar-refractivity contribution in [3.05, 3.63) is 83.4 Å². The van der Waals surface area contributed by atoms with E-state index in [-0.39, 0.29) is 5.60 Å². The molecule has 0 radical (unpaired) electrons. The Morgan fingerprint density at radius 3 is 2.59 bits per heavy atom. The first-order valence-electron chi connectivity index (χ1n) is 9.04. The van der Waals surface area contributed by atoms with Gasteiger partial charge in [-0.2, -0.15) is 0 Å². The van der Waals surface area contributed by atoms with E-state index in [4.69, 9.17) is 21.1 Å². The fourth-order valence-electron chi connectivity index (χ4n) is 3.10. The molecule has 0 aliphatic carbocycles.